The van der Waals surface area contributed by atoms with Crippen LogP contribution in [0.15, 0.2) is 36.4 Å². The average molecular weight is 270 g/mol. The molecule has 0 atom stereocenters. The topological polar surface area (TPSA) is 56.7 Å². The lowest BCUT2D eigenvalue weighted by atomic mass is 10.2. The summed E-state index contributed by atoms with van der Waals surface area (Å²) in [6.07, 6.45) is 0. The molecule has 0 aliphatic rings. The molecule has 0 radical (unpaired) electrons. The number of nitrogen functional groups attached to an aromatic ring is 1. The minimum absolute atomic E-state index is 0.184. The zero-order chi connectivity index (χ0) is 14.3. The van der Waals surface area contributed by atoms with Crippen molar-refractivity contribution in [3.63, 3.8) is 0 Å². The molecule has 3 rings (SSSR count). The van der Waals surface area contributed by atoms with Gasteiger partial charge in [0.15, 0.2) is 5.82 Å². The van der Waals surface area contributed by atoms with Crippen molar-refractivity contribution in [1.82, 2.24) is 14.5 Å². The fourth-order valence-corrected chi connectivity index (χ4v) is 2.35. The van der Waals surface area contributed by atoms with Gasteiger partial charge in [-0.3, -0.25) is 0 Å². The Morgan fingerprint density at radius 1 is 1.15 bits per heavy atom. The minimum atomic E-state index is -0.294. The Bertz CT molecular complexity index is 777. The summed E-state index contributed by atoms with van der Waals surface area (Å²) in [5, 5.41) is 0. The van der Waals surface area contributed by atoms with E-state index in [0.717, 1.165) is 5.52 Å². The van der Waals surface area contributed by atoms with Gasteiger partial charge in [-0.15, -0.1) is 0 Å². The Labute approximate surface area is 116 Å². The van der Waals surface area contributed by atoms with Gasteiger partial charge in [0.1, 0.15) is 17.3 Å². The monoisotopic (exact) mass is 270 g/mol. The van der Waals surface area contributed by atoms with Gasteiger partial charge >= 0.3 is 0 Å². The van der Waals surface area contributed by atoms with Crippen molar-refractivity contribution in [1.29, 1.82) is 0 Å². The number of fused-ring (bicyclic) bond motifs is 1. The summed E-state index contributed by atoms with van der Waals surface area (Å²) in [6, 6.07) is 10.2. The van der Waals surface area contributed by atoms with E-state index in [1.54, 1.807) is 12.1 Å². The van der Waals surface area contributed by atoms with Crippen molar-refractivity contribution >= 4 is 16.9 Å². The number of anilines is 1. The predicted molar refractivity (Wildman–Crippen MR) is 77.7 cm³/mol. The smallest absolute Gasteiger partial charge is 0.160 e. The van der Waals surface area contributed by atoms with Crippen LogP contribution in [0.4, 0.5) is 10.2 Å². The number of aromatic nitrogens is 3. The van der Waals surface area contributed by atoms with Crippen LogP contribution in [-0.4, -0.2) is 14.5 Å². The third-order valence-corrected chi connectivity index (χ3v) is 3.17. The number of pyridine rings is 1. The van der Waals surface area contributed by atoms with Crippen molar-refractivity contribution in [3.05, 3.63) is 42.2 Å². The standard InChI is InChI=1S/C15H15FN4/c1-9(2)20-13-7-6-10(16)8-12(13)19-15(20)11-4-3-5-14(17)18-11/h3-9H,1-2H3,(H2,17,18). The van der Waals surface area contributed by atoms with Crippen LogP contribution < -0.4 is 5.73 Å². The maximum Gasteiger partial charge on any atom is 0.160 e. The van der Waals surface area contributed by atoms with E-state index in [1.165, 1.54) is 12.1 Å². The Hall–Kier alpha value is -2.43. The van der Waals surface area contributed by atoms with Crippen molar-refractivity contribution in [2.75, 3.05) is 5.73 Å². The largest absolute Gasteiger partial charge is 0.384 e. The number of halogens is 1. The Kier molecular flexibility index (Phi) is 2.89. The molecule has 0 amide bonds. The molecule has 20 heavy (non-hydrogen) atoms. The van der Waals surface area contributed by atoms with Gasteiger partial charge in [-0.05, 0) is 38.1 Å². The zero-order valence-electron chi connectivity index (χ0n) is 11.3. The summed E-state index contributed by atoms with van der Waals surface area (Å²) in [5.41, 5.74) is 7.93. The maximum atomic E-state index is 13.4. The van der Waals surface area contributed by atoms with Gasteiger partial charge in [-0.25, -0.2) is 14.4 Å². The lowest BCUT2D eigenvalue weighted by Gasteiger charge is -2.12. The molecule has 0 aliphatic heterocycles. The first-order chi connectivity index (χ1) is 9.56. The second-order valence-electron chi connectivity index (χ2n) is 4.98. The molecular weight excluding hydrogens is 255 g/mol. The summed E-state index contributed by atoms with van der Waals surface area (Å²) >= 11 is 0. The second kappa shape index (κ2) is 4.59. The molecule has 0 saturated heterocycles. The molecule has 102 valence electrons. The number of hydrogen-bond acceptors (Lipinski definition) is 3. The lowest BCUT2D eigenvalue weighted by Crippen LogP contribution is -2.04. The second-order valence-corrected chi connectivity index (χ2v) is 4.98. The van der Waals surface area contributed by atoms with Gasteiger partial charge < -0.3 is 10.3 Å². The lowest BCUT2D eigenvalue weighted by molar-refractivity contribution is 0.619. The van der Waals surface area contributed by atoms with Crippen LogP contribution in [-0.2, 0) is 0 Å². The van der Waals surface area contributed by atoms with Crippen LogP contribution in [0.3, 0.4) is 0 Å². The highest BCUT2D eigenvalue weighted by atomic mass is 19.1. The molecule has 2 aromatic heterocycles. The van der Waals surface area contributed by atoms with Crippen LogP contribution in [0.2, 0.25) is 0 Å². The molecule has 0 fully saturated rings. The molecule has 4 nitrogen and oxygen atoms in total. The first-order valence-electron chi connectivity index (χ1n) is 6.46. The highest BCUT2D eigenvalue weighted by Gasteiger charge is 2.16. The zero-order valence-corrected chi connectivity index (χ0v) is 11.3. The van der Waals surface area contributed by atoms with Gasteiger partial charge in [-0.1, -0.05) is 6.07 Å². The van der Waals surface area contributed by atoms with Crippen molar-refractivity contribution in [2.45, 2.75) is 19.9 Å². The quantitative estimate of drug-likeness (QED) is 0.776. The van der Waals surface area contributed by atoms with Gasteiger partial charge in [-0.2, -0.15) is 0 Å². The normalized spacial score (nSPS) is 11.4. The molecule has 0 unspecified atom stereocenters. The van der Waals surface area contributed by atoms with E-state index in [0.29, 0.717) is 22.9 Å². The average Bonchev–Trinajstić information content (AvgIpc) is 2.77. The van der Waals surface area contributed by atoms with Gasteiger partial charge in [0, 0.05) is 12.1 Å². The van der Waals surface area contributed by atoms with Crippen molar-refractivity contribution < 1.29 is 4.39 Å². The molecular formula is C15H15FN4. The third kappa shape index (κ3) is 2.01. The first kappa shape index (κ1) is 12.6. The van der Waals surface area contributed by atoms with Crippen molar-refractivity contribution in [3.8, 4) is 11.5 Å². The van der Waals surface area contributed by atoms with E-state index < -0.39 is 0 Å². The summed E-state index contributed by atoms with van der Waals surface area (Å²) in [4.78, 5) is 8.82. The Morgan fingerprint density at radius 3 is 2.65 bits per heavy atom. The molecule has 2 heterocycles. The summed E-state index contributed by atoms with van der Waals surface area (Å²) < 4.78 is 15.4. The number of benzene rings is 1. The van der Waals surface area contributed by atoms with Crippen LogP contribution in [0.1, 0.15) is 19.9 Å². The molecule has 3 aromatic rings. The number of nitrogens with two attached hydrogens (primary N) is 1. The summed E-state index contributed by atoms with van der Waals surface area (Å²) in [5.74, 6) is 0.849. The molecule has 5 heteroatoms. The Morgan fingerprint density at radius 2 is 1.95 bits per heavy atom. The van der Waals surface area contributed by atoms with Crippen LogP contribution >= 0.6 is 0 Å². The predicted octanol–water partition coefficient (Wildman–Crippen LogP) is 3.40. The summed E-state index contributed by atoms with van der Waals surface area (Å²) in [7, 11) is 0. The van der Waals surface area contributed by atoms with Crippen LogP contribution in [0, 0.1) is 5.82 Å². The van der Waals surface area contributed by atoms with Crippen LogP contribution in [0.5, 0.6) is 0 Å². The molecule has 0 saturated carbocycles. The van der Waals surface area contributed by atoms with Crippen LogP contribution in [0.25, 0.3) is 22.6 Å². The van der Waals surface area contributed by atoms with Gasteiger partial charge in [0.2, 0.25) is 0 Å². The SMILES string of the molecule is CC(C)n1c(-c2cccc(N)n2)nc2cc(F)ccc21. The van der Waals surface area contributed by atoms with Gasteiger partial charge in [0.05, 0.1) is 11.0 Å². The third-order valence-electron chi connectivity index (χ3n) is 3.17. The minimum Gasteiger partial charge on any atom is -0.384 e. The van der Waals surface area contributed by atoms with E-state index in [2.05, 4.69) is 23.8 Å². The van der Waals surface area contributed by atoms with Crippen molar-refractivity contribution in [2.24, 2.45) is 0 Å². The summed E-state index contributed by atoms with van der Waals surface area (Å²) in [6.45, 7) is 4.11. The highest BCUT2D eigenvalue weighted by Crippen LogP contribution is 2.28. The molecule has 0 spiro atoms. The fourth-order valence-electron chi connectivity index (χ4n) is 2.35. The van der Waals surface area contributed by atoms with E-state index in [4.69, 9.17) is 5.73 Å². The fraction of sp³-hybridized carbons (Fsp3) is 0.200. The van der Waals surface area contributed by atoms with E-state index in [1.807, 2.05) is 16.7 Å². The first-order valence-corrected chi connectivity index (χ1v) is 6.46. The van der Waals surface area contributed by atoms with Gasteiger partial charge in [0.25, 0.3) is 0 Å². The Balaban J connectivity index is 2.32. The highest BCUT2D eigenvalue weighted by molar-refractivity contribution is 5.80. The number of hydrogen-bond donors (Lipinski definition) is 1. The van der Waals surface area contributed by atoms with E-state index in [-0.39, 0.29) is 11.9 Å². The number of imidazole rings is 1. The molecule has 0 aliphatic carbocycles. The molecule has 1 aromatic carbocycles. The maximum absolute atomic E-state index is 13.4. The molecule has 2 N–H and O–H groups in total. The van der Waals surface area contributed by atoms with E-state index >= 15 is 0 Å². The molecule has 0 bridgehead atoms. The number of nitrogens with zero attached hydrogens (tertiary/aromatic N) is 3. The number of rotatable bonds is 2. The van der Waals surface area contributed by atoms with E-state index in [9.17, 15) is 4.39 Å².